The molecule has 0 spiro atoms. The first-order valence-corrected chi connectivity index (χ1v) is 5.99. The standard InChI is InChI=1S/C14H10N4O/c19-7-14-17-12-5-10-11(6-13(12)18-14)16-9-4-2-1-3-8(9)15-10/h1-6,15,19H,7H2. The van der Waals surface area contributed by atoms with Gasteiger partial charge in [0.1, 0.15) is 6.61 Å². The molecule has 2 aromatic carbocycles. The molecule has 0 bridgehead atoms. The van der Waals surface area contributed by atoms with Gasteiger partial charge in [-0.2, -0.15) is 0 Å². The molecule has 4 aromatic rings. The first-order valence-electron chi connectivity index (χ1n) is 5.99. The number of aromatic amines is 1. The second kappa shape index (κ2) is 3.73. The molecule has 0 aliphatic carbocycles. The van der Waals surface area contributed by atoms with Crippen molar-refractivity contribution in [3.8, 4) is 0 Å². The third-order valence-corrected chi connectivity index (χ3v) is 3.15. The Bertz CT molecular complexity index is 841. The normalized spacial score (nSPS) is 11.6. The Morgan fingerprint density at radius 3 is 2.47 bits per heavy atom. The fraction of sp³-hybridized carbons (Fsp3) is 0.0714. The molecule has 5 nitrogen and oxygen atoms in total. The Kier molecular flexibility index (Phi) is 2.04. The second-order valence-electron chi connectivity index (χ2n) is 4.41. The number of aliphatic hydroxyl groups is 1. The van der Waals surface area contributed by atoms with E-state index in [9.17, 15) is 0 Å². The summed E-state index contributed by atoms with van der Waals surface area (Å²) in [6.07, 6.45) is 0. The maximum Gasteiger partial charge on any atom is 0.155 e. The van der Waals surface area contributed by atoms with E-state index in [0.717, 1.165) is 33.1 Å². The van der Waals surface area contributed by atoms with E-state index >= 15 is 0 Å². The molecule has 2 N–H and O–H groups in total. The van der Waals surface area contributed by atoms with Crippen LogP contribution in [0.3, 0.4) is 0 Å². The molecule has 0 amide bonds. The van der Waals surface area contributed by atoms with Crippen molar-refractivity contribution in [3.05, 3.63) is 42.2 Å². The average molecular weight is 250 g/mol. The fourth-order valence-electron chi connectivity index (χ4n) is 2.26. The van der Waals surface area contributed by atoms with Gasteiger partial charge in [0.05, 0.1) is 33.1 Å². The summed E-state index contributed by atoms with van der Waals surface area (Å²) in [5.74, 6) is 0.440. The van der Waals surface area contributed by atoms with Crippen LogP contribution >= 0.6 is 0 Å². The number of nitrogens with zero attached hydrogens (tertiary/aromatic N) is 3. The third-order valence-electron chi connectivity index (χ3n) is 3.15. The zero-order valence-electron chi connectivity index (χ0n) is 9.96. The molecule has 0 saturated carbocycles. The number of nitrogens with one attached hydrogen (secondary N) is 1. The van der Waals surface area contributed by atoms with E-state index in [-0.39, 0.29) is 6.61 Å². The molecule has 0 unspecified atom stereocenters. The van der Waals surface area contributed by atoms with E-state index in [0.29, 0.717) is 5.82 Å². The van der Waals surface area contributed by atoms with Crippen molar-refractivity contribution in [1.29, 1.82) is 0 Å². The van der Waals surface area contributed by atoms with Crippen LogP contribution in [0.1, 0.15) is 5.82 Å². The van der Waals surface area contributed by atoms with E-state index in [1.54, 1.807) is 0 Å². The predicted octanol–water partition coefficient (Wildman–Crippen LogP) is 2.15. The number of imidazole rings is 1. The van der Waals surface area contributed by atoms with Crippen molar-refractivity contribution < 1.29 is 5.11 Å². The van der Waals surface area contributed by atoms with Crippen molar-refractivity contribution in [2.75, 3.05) is 0 Å². The number of para-hydroxylation sites is 2. The van der Waals surface area contributed by atoms with Crippen molar-refractivity contribution in [2.45, 2.75) is 6.61 Å². The molecule has 0 fully saturated rings. The van der Waals surface area contributed by atoms with E-state index in [1.165, 1.54) is 0 Å². The van der Waals surface area contributed by atoms with Crippen molar-refractivity contribution in [2.24, 2.45) is 0 Å². The summed E-state index contributed by atoms with van der Waals surface area (Å²) < 4.78 is 0. The SMILES string of the molecule is OCc1nc2cc3nc4ccccc4[nH]c3cc2n1. The van der Waals surface area contributed by atoms with Crippen molar-refractivity contribution in [1.82, 2.24) is 19.9 Å². The van der Waals surface area contributed by atoms with Gasteiger partial charge in [0.25, 0.3) is 0 Å². The molecule has 0 atom stereocenters. The molecular weight excluding hydrogens is 240 g/mol. The topological polar surface area (TPSA) is 74.7 Å². The molecule has 2 heterocycles. The summed E-state index contributed by atoms with van der Waals surface area (Å²) in [6.45, 7) is -0.149. The highest BCUT2D eigenvalue weighted by atomic mass is 16.3. The highest BCUT2D eigenvalue weighted by molar-refractivity contribution is 5.94. The van der Waals surface area contributed by atoms with E-state index in [1.807, 2.05) is 36.4 Å². The quantitative estimate of drug-likeness (QED) is 0.507. The van der Waals surface area contributed by atoms with Gasteiger partial charge in [-0.15, -0.1) is 0 Å². The molecule has 0 aliphatic rings. The summed E-state index contributed by atoms with van der Waals surface area (Å²) in [6, 6.07) is 11.7. The maximum absolute atomic E-state index is 9.08. The lowest BCUT2D eigenvalue weighted by atomic mass is 10.2. The first-order chi connectivity index (χ1) is 9.33. The number of aliphatic hydroxyl groups excluding tert-OH is 1. The average Bonchev–Trinajstić information content (AvgIpc) is 2.84. The number of H-pyrrole nitrogens is 1. The van der Waals surface area contributed by atoms with Gasteiger partial charge in [-0.25, -0.2) is 15.0 Å². The Balaban J connectivity index is 2.11. The Labute approximate surface area is 108 Å². The highest BCUT2D eigenvalue weighted by Gasteiger charge is 2.07. The van der Waals surface area contributed by atoms with E-state index in [2.05, 4.69) is 19.9 Å². The van der Waals surface area contributed by atoms with Gasteiger partial charge < -0.3 is 10.1 Å². The highest BCUT2D eigenvalue weighted by Crippen LogP contribution is 2.21. The Hall–Kier alpha value is -2.53. The van der Waals surface area contributed by atoms with E-state index < -0.39 is 0 Å². The minimum absolute atomic E-state index is 0.149. The smallest absolute Gasteiger partial charge is 0.155 e. The molecule has 5 heteroatoms. The van der Waals surface area contributed by atoms with Crippen LogP contribution in [-0.4, -0.2) is 25.0 Å². The molecule has 92 valence electrons. The third kappa shape index (κ3) is 1.56. The van der Waals surface area contributed by atoms with Crippen LogP contribution in [0, 0.1) is 0 Å². The number of rotatable bonds is 1. The molecule has 4 rings (SSSR count). The first kappa shape index (κ1) is 10.4. The molecular formula is C14H10N4O. The van der Waals surface area contributed by atoms with Gasteiger partial charge in [-0.05, 0) is 24.3 Å². The second-order valence-corrected chi connectivity index (χ2v) is 4.41. The Morgan fingerprint density at radius 2 is 1.63 bits per heavy atom. The van der Waals surface area contributed by atoms with E-state index in [4.69, 9.17) is 5.11 Å². The van der Waals surface area contributed by atoms with Gasteiger partial charge >= 0.3 is 0 Å². The van der Waals surface area contributed by atoms with Crippen molar-refractivity contribution in [3.63, 3.8) is 0 Å². The molecule has 2 aromatic heterocycles. The van der Waals surface area contributed by atoms with Crippen LogP contribution in [-0.2, 0) is 6.61 Å². The zero-order chi connectivity index (χ0) is 12.8. The lowest BCUT2D eigenvalue weighted by molar-refractivity contribution is 0.273. The van der Waals surface area contributed by atoms with Gasteiger partial charge in [0.2, 0.25) is 0 Å². The number of hydrogen-bond acceptors (Lipinski definition) is 4. The molecule has 19 heavy (non-hydrogen) atoms. The summed E-state index contributed by atoms with van der Waals surface area (Å²) in [5.41, 5.74) is 5.18. The number of hydrogen-bond donors (Lipinski definition) is 2. The van der Waals surface area contributed by atoms with Gasteiger partial charge in [0, 0.05) is 0 Å². The minimum Gasteiger partial charge on any atom is -0.388 e. The van der Waals surface area contributed by atoms with Gasteiger partial charge in [0.15, 0.2) is 5.82 Å². The van der Waals surface area contributed by atoms with Crippen molar-refractivity contribution >= 4 is 33.1 Å². The van der Waals surface area contributed by atoms with Gasteiger partial charge in [-0.1, -0.05) is 12.1 Å². The zero-order valence-corrected chi connectivity index (χ0v) is 9.96. The summed E-state index contributed by atoms with van der Waals surface area (Å²) in [4.78, 5) is 16.4. The Morgan fingerprint density at radius 1 is 0.842 bits per heavy atom. The van der Waals surface area contributed by atoms with Crippen LogP contribution in [0.5, 0.6) is 0 Å². The lowest BCUT2D eigenvalue weighted by Crippen LogP contribution is -1.87. The van der Waals surface area contributed by atoms with Crippen LogP contribution < -0.4 is 0 Å². The summed E-state index contributed by atoms with van der Waals surface area (Å²) in [5, 5.41) is 9.08. The maximum atomic E-state index is 9.08. The largest absolute Gasteiger partial charge is 0.388 e. The number of fused-ring (bicyclic) bond motifs is 3. The fourth-order valence-corrected chi connectivity index (χ4v) is 2.26. The predicted molar refractivity (Wildman–Crippen MR) is 72.6 cm³/mol. The number of benzene rings is 2. The minimum atomic E-state index is -0.149. The molecule has 0 saturated heterocycles. The summed E-state index contributed by atoms with van der Waals surface area (Å²) in [7, 11) is 0. The van der Waals surface area contributed by atoms with Crippen LogP contribution in [0.4, 0.5) is 0 Å². The summed E-state index contributed by atoms with van der Waals surface area (Å²) >= 11 is 0. The molecule has 0 aliphatic heterocycles. The molecule has 0 radical (unpaired) electrons. The van der Waals surface area contributed by atoms with Gasteiger partial charge in [-0.3, -0.25) is 0 Å². The lowest BCUT2D eigenvalue weighted by Gasteiger charge is -2.01. The van der Waals surface area contributed by atoms with Crippen LogP contribution in [0.25, 0.3) is 33.1 Å². The number of aromatic nitrogens is 4. The van der Waals surface area contributed by atoms with Crippen LogP contribution in [0.15, 0.2) is 36.4 Å². The monoisotopic (exact) mass is 250 g/mol. The van der Waals surface area contributed by atoms with Crippen LogP contribution in [0.2, 0.25) is 0 Å².